The summed E-state index contributed by atoms with van der Waals surface area (Å²) in [6.45, 7) is 0. The summed E-state index contributed by atoms with van der Waals surface area (Å²) in [5.74, 6) is -0.226. The molecule has 2 aromatic carbocycles. The zero-order chi connectivity index (χ0) is 15.5. The Hall–Kier alpha value is -2.38. The van der Waals surface area contributed by atoms with Crippen LogP contribution in [0.4, 0.5) is 5.69 Å². The molecule has 110 valence electrons. The highest BCUT2D eigenvalue weighted by Crippen LogP contribution is 2.26. The van der Waals surface area contributed by atoms with Gasteiger partial charge in [-0.15, -0.1) is 0 Å². The fourth-order valence-corrected chi connectivity index (χ4v) is 2.49. The molecule has 0 saturated carbocycles. The van der Waals surface area contributed by atoms with Crippen molar-refractivity contribution in [3.8, 4) is 5.75 Å². The Morgan fingerprint density at radius 1 is 1.14 bits per heavy atom. The van der Waals surface area contributed by atoms with Crippen LogP contribution in [-0.2, 0) is 10.0 Å². The van der Waals surface area contributed by atoms with Gasteiger partial charge in [-0.1, -0.05) is 18.2 Å². The second-order valence-electron chi connectivity index (χ2n) is 4.23. The van der Waals surface area contributed by atoms with Gasteiger partial charge in [0.2, 0.25) is 10.0 Å². The zero-order valence-corrected chi connectivity index (χ0v) is 12.1. The molecule has 0 heterocycles. The average Bonchev–Trinajstić information content (AvgIpc) is 2.47. The van der Waals surface area contributed by atoms with E-state index in [1.165, 1.54) is 25.3 Å². The maximum Gasteiger partial charge on any atom is 0.255 e. The summed E-state index contributed by atoms with van der Waals surface area (Å²) in [6, 6.07) is 12.8. The molecule has 0 spiro atoms. The van der Waals surface area contributed by atoms with Crippen molar-refractivity contribution in [2.45, 2.75) is 4.90 Å². The maximum atomic E-state index is 12.0. The van der Waals surface area contributed by atoms with Crippen LogP contribution >= 0.6 is 0 Å². The van der Waals surface area contributed by atoms with Crippen LogP contribution in [0.15, 0.2) is 53.4 Å². The molecule has 0 bridgehead atoms. The second kappa shape index (κ2) is 5.94. The molecule has 7 heteroatoms. The van der Waals surface area contributed by atoms with Crippen molar-refractivity contribution in [2.24, 2.45) is 5.14 Å². The molecule has 1 amide bonds. The molecule has 0 saturated heterocycles. The van der Waals surface area contributed by atoms with Gasteiger partial charge < -0.3 is 10.1 Å². The molecule has 6 nitrogen and oxygen atoms in total. The average molecular weight is 306 g/mol. The summed E-state index contributed by atoms with van der Waals surface area (Å²) in [7, 11) is -2.61. The molecule has 3 N–H and O–H groups in total. The van der Waals surface area contributed by atoms with Crippen molar-refractivity contribution in [3.05, 3.63) is 54.1 Å². The number of rotatable bonds is 4. The highest BCUT2D eigenvalue weighted by molar-refractivity contribution is 7.89. The van der Waals surface area contributed by atoms with E-state index in [2.05, 4.69) is 5.32 Å². The van der Waals surface area contributed by atoms with Gasteiger partial charge in [-0.25, -0.2) is 13.6 Å². The Kier molecular flexibility index (Phi) is 4.25. The van der Waals surface area contributed by atoms with Crippen molar-refractivity contribution in [2.75, 3.05) is 12.4 Å². The molecule has 0 unspecified atom stereocenters. The minimum absolute atomic E-state index is 0.121. The fourth-order valence-electron chi connectivity index (χ4n) is 1.77. The third-order valence-electron chi connectivity index (χ3n) is 2.76. The minimum Gasteiger partial charge on any atom is -0.495 e. The van der Waals surface area contributed by atoms with Gasteiger partial charge in [0.15, 0.2) is 0 Å². The predicted octanol–water partition coefficient (Wildman–Crippen LogP) is 1.59. The number of primary sulfonamides is 1. The molecule has 21 heavy (non-hydrogen) atoms. The largest absolute Gasteiger partial charge is 0.495 e. The predicted molar refractivity (Wildman–Crippen MR) is 78.8 cm³/mol. The molecule has 0 atom stereocenters. The van der Waals surface area contributed by atoms with Gasteiger partial charge in [0.25, 0.3) is 5.91 Å². The summed E-state index contributed by atoms with van der Waals surface area (Å²) in [6.07, 6.45) is 0. The third-order valence-corrected chi connectivity index (χ3v) is 3.70. The lowest BCUT2D eigenvalue weighted by molar-refractivity contribution is 0.102. The first kappa shape index (κ1) is 15.0. The van der Waals surface area contributed by atoms with Crippen LogP contribution < -0.4 is 15.2 Å². The number of anilines is 1. The highest BCUT2D eigenvalue weighted by atomic mass is 32.2. The van der Waals surface area contributed by atoms with Crippen LogP contribution in [0.2, 0.25) is 0 Å². The lowest BCUT2D eigenvalue weighted by Crippen LogP contribution is -2.15. The number of ether oxygens (including phenoxy) is 1. The van der Waals surface area contributed by atoms with E-state index in [0.29, 0.717) is 11.3 Å². The van der Waals surface area contributed by atoms with E-state index in [0.717, 1.165) is 0 Å². The fraction of sp³-hybridized carbons (Fsp3) is 0.0714. The molecular weight excluding hydrogens is 292 g/mol. The number of nitrogens with two attached hydrogens (primary N) is 1. The number of amides is 1. The van der Waals surface area contributed by atoms with Gasteiger partial charge in [-0.3, -0.25) is 4.79 Å². The Bertz CT molecular complexity index is 758. The monoisotopic (exact) mass is 306 g/mol. The van der Waals surface area contributed by atoms with E-state index < -0.39 is 10.0 Å². The number of hydrogen-bond acceptors (Lipinski definition) is 4. The van der Waals surface area contributed by atoms with E-state index in [4.69, 9.17) is 9.88 Å². The van der Waals surface area contributed by atoms with Crippen molar-refractivity contribution < 1.29 is 17.9 Å². The summed E-state index contributed by atoms with van der Waals surface area (Å²) in [4.78, 5) is 11.8. The number of methoxy groups -OCH3 is 1. The standard InChI is InChI=1S/C14H14N2O4S/c1-20-12-8-7-11(9-13(12)21(15,18)19)16-14(17)10-5-3-2-4-6-10/h2-9H,1H3,(H,16,17)(H2,15,18,19). The molecule has 2 rings (SSSR count). The summed E-state index contributed by atoms with van der Waals surface area (Å²) < 4.78 is 28.0. The molecule has 0 aliphatic carbocycles. The minimum atomic E-state index is -3.94. The number of carbonyl (C=O) groups excluding carboxylic acids is 1. The van der Waals surface area contributed by atoms with E-state index in [1.807, 2.05) is 0 Å². The van der Waals surface area contributed by atoms with Crippen LogP contribution in [0.3, 0.4) is 0 Å². The molecule has 0 aliphatic rings. The normalized spacial score (nSPS) is 11.0. The quantitative estimate of drug-likeness (QED) is 0.896. The SMILES string of the molecule is COc1ccc(NC(=O)c2ccccc2)cc1S(N)(=O)=O. The molecule has 0 aliphatic heterocycles. The highest BCUT2D eigenvalue weighted by Gasteiger charge is 2.16. The lowest BCUT2D eigenvalue weighted by Gasteiger charge is -2.10. The van der Waals surface area contributed by atoms with Crippen LogP contribution in [0.1, 0.15) is 10.4 Å². The van der Waals surface area contributed by atoms with Gasteiger partial charge in [0.1, 0.15) is 10.6 Å². The van der Waals surface area contributed by atoms with Gasteiger partial charge in [0.05, 0.1) is 7.11 Å². The van der Waals surface area contributed by atoms with Gasteiger partial charge in [-0.2, -0.15) is 0 Å². The number of carbonyl (C=O) groups is 1. The van der Waals surface area contributed by atoms with Gasteiger partial charge in [-0.05, 0) is 30.3 Å². The Labute approximate surface area is 122 Å². The molecule has 0 fully saturated rings. The van der Waals surface area contributed by atoms with Crippen LogP contribution in [0, 0.1) is 0 Å². The third kappa shape index (κ3) is 3.59. The lowest BCUT2D eigenvalue weighted by atomic mass is 10.2. The van der Waals surface area contributed by atoms with Crippen LogP contribution in [0.5, 0.6) is 5.75 Å². The Morgan fingerprint density at radius 2 is 1.81 bits per heavy atom. The molecular formula is C14H14N2O4S. The number of nitrogens with one attached hydrogen (secondary N) is 1. The summed E-state index contributed by atoms with van der Waals surface area (Å²) in [5, 5.41) is 7.73. The van der Waals surface area contributed by atoms with E-state index in [9.17, 15) is 13.2 Å². The van der Waals surface area contributed by atoms with E-state index in [1.54, 1.807) is 30.3 Å². The summed E-state index contributed by atoms with van der Waals surface area (Å²) >= 11 is 0. The van der Waals surface area contributed by atoms with Crippen molar-refractivity contribution >= 4 is 21.6 Å². The number of benzene rings is 2. The van der Waals surface area contributed by atoms with Gasteiger partial charge >= 0.3 is 0 Å². The molecule has 0 aromatic heterocycles. The number of hydrogen-bond donors (Lipinski definition) is 2. The van der Waals surface area contributed by atoms with Crippen LogP contribution in [-0.4, -0.2) is 21.4 Å². The van der Waals surface area contributed by atoms with E-state index in [-0.39, 0.29) is 16.6 Å². The Balaban J connectivity index is 2.32. The number of sulfonamides is 1. The van der Waals surface area contributed by atoms with Gasteiger partial charge in [0, 0.05) is 11.3 Å². The second-order valence-corrected chi connectivity index (χ2v) is 5.76. The van der Waals surface area contributed by atoms with Crippen molar-refractivity contribution in [3.63, 3.8) is 0 Å². The first-order chi connectivity index (χ1) is 9.91. The first-order valence-electron chi connectivity index (χ1n) is 5.99. The summed E-state index contributed by atoms with van der Waals surface area (Å²) in [5.41, 5.74) is 0.777. The smallest absolute Gasteiger partial charge is 0.255 e. The topological polar surface area (TPSA) is 98.5 Å². The van der Waals surface area contributed by atoms with Crippen molar-refractivity contribution in [1.82, 2.24) is 0 Å². The van der Waals surface area contributed by atoms with Crippen molar-refractivity contribution in [1.29, 1.82) is 0 Å². The van der Waals surface area contributed by atoms with E-state index >= 15 is 0 Å². The first-order valence-corrected chi connectivity index (χ1v) is 7.53. The zero-order valence-electron chi connectivity index (χ0n) is 11.2. The van der Waals surface area contributed by atoms with Crippen LogP contribution in [0.25, 0.3) is 0 Å². The molecule has 2 aromatic rings. The maximum absolute atomic E-state index is 12.0. The Morgan fingerprint density at radius 3 is 2.38 bits per heavy atom. The molecule has 0 radical (unpaired) electrons.